The van der Waals surface area contributed by atoms with Crippen LogP contribution in [0.15, 0.2) is 18.2 Å². The number of nitrogens with zero attached hydrogens (tertiary/aromatic N) is 1. The van der Waals surface area contributed by atoms with Crippen LogP contribution < -0.4 is 10.6 Å². The number of aryl methyl sites for hydroxylation is 2. The molecule has 1 saturated heterocycles. The maximum atomic E-state index is 12.0. The van der Waals surface area contributed by atoms with Gasteiger partial charge in [-0.1, -0.05) is 6.07 Å². The number of carbonyl (C=O) groups excluding carboxylic acids is 1. The summed E-state index contributed by atoms with van der Waals surface area (Å²) in [5.74, 6) is 0.0356. The zero-order valence-electron chi connectivity index (χ0n) is 12.5. The fourth-order valence-corrected chi connectivity index (χ4v) is 2.42. The van der Waals surface area contributed by atoms with E-state index in [9.17, 15) is 4.79 Å². The molecule has 0 aromatic heterocycles. The van der Waals surface area contributed by atoms with E-state index in [1.54, 1.807) is 0 Å². The molecule has 0 aliphatic carbocycles. The zero-order chi connectivity index (χ0) is 14.4. The molecule has 0 bridgehead atoms. The average molecular weight is 275 g/mol. The van der Waals surface area contributed by atoms with Crippen molar-refractivity contribution in [2.24, 2.45) is 0 Å². The average Bonchev–Trinajstić information content (AvgIpc) is 2.47. The van der Waals surface area contributed by atoms with Crippen molar-refractivity contribution in [1.29, 1.82) is 0 Å². The van der Waals surface area contributed by atoms with Gasteiger partial charge in [-0.25, -0.2) is 0 Å². The first-order chi connectivity index (χ1) is 9.66. The Morgan fingerprint density at radius 3 is 2.70 bits per heavy atom. The highest BCUT2D eigenvalue weighted by molar-refractivity contribution is 5.94. The van der Waals surface area contributed by atoms with Gasteiger partial charge in [0.05, 0.1) is 0 Å². The molecule has 1 aromatic rings. The molecule has 20 heavy (non-hydrogen) atoms. The fourth-order valence-electron chi connectivity index (χ4n) is 2.42. The topological polar surface area (TPSA) is 44.4 Å². The summed E-state index contributed by atoms with van der Waals surface area (Å²) in [6.07, 6.45) is 1.01. The number of hydrogen-bond acceptors (Lipinski definition) is 3. The highest BCUT2D eigenvalue weighted by Gasteiger charge is 2.09. The Kier molecular flexibility index (Phi) is 5.56. The Morgan fingerprint density at radius 1 is 1.25 bits per heavy atom. The lowest BCUT2D eigenvalue weighted by Crippen LogP contribution is -2.44. The summed E-state index contributed by atoms with van der Waals surface area (Å²) in [5, 5.41) is 6.35. The second-order valence-corrected chi connectivity index (χ2v) is 5.50. The van der Waals surface area contributed by atoms with E-state index >= 15 is 0 Å². The van der Waals surface area contributed by atoms with E-state index in [4.69, 9.17) is 0 Å². The lowest BCUT2D eigenvalue weighted by atomic mass is 10.1. The number of carbonyl (C=O) groups is 1. The van der Waals surface area contributed by atoms with Crippen LogP contribution in [0, 0.1) is 13.8 Å². The molecule has 1 amide bonds. The van der Waals surface area contributed by atoms with Gasteiger partial charge in [0, 0.05) is 38.3 Å². The first-order valence-corrected chi connectivity index (χ1v) is 7.45. The van der Waals surface area contributed by atoms with E-state index in [0.29, 0.717) is 0 Å². The van der Waals surface area contributed by atoms with E-state index in [1.807, 2.05) is 25.1 Å². The molecule has 1 fully saturated rings. The Balaban J connectivity index is 1.70. The molecular weight excluding hydrogens is 250 g/mol. The summed E-state index contributed by atoms with van der Waals surface area (Å²) in [7, 11) is 0. The Labute approximate surface area is 121 Å². The molecule has 110 valence electrons. The number of hydrogen-bond donors (Lipinski definition) is 2. The fraction of sp³-hybridized carbons (Fsp3) is 0.562. The zero-order valence-corrected chi connectivity index (χ0v) is 12.5. The van der Waals surface area contributed by atoms with E-state index in [0.717, 1.165) is 51.3 Å². The van der Waals surface area contributed by atoms with Gasteiger partial charge in [0.15, 0.2) is 0 Å². The number of nitrogens with one attached hydrogen (secondary N) is 2. The van der Waals surface area contributed by atoms with E-state index in [-0.39, 0.29) is 5.91 Å². The molecule has 1 aliphatic heterocycles. The molecule has 1 aliphatic rings. The summed E-state index contributed by atoms with van der Waals surface area (Å²) in [5.41, 5.74) is 3.15. The maximum absolute atomic E-state index is 12.0. The van der Waals surface area contributed by atoms with Crippen LogP contribution in [-0.4, -0.2) is 50.1 Å². The number of amides is 1. The van der Waals surface area contributed by atoms with Crippen LogP contribution in [0.2, 0.25) is 0 Å². The molecule has 4 nitrogen and oxygen atoms in total. The summed E-state index contributed by atoms with van der Waals surface area (Å²) >= 11 is 0. The molecule has 1 aromatic carbocycles. The van der Waals surface area contributed by atoms with Gasteiger partial charge >= 0.3 is 0 Å². The highest BCUT2D eigenvalue weighted by atomic mass is 16.1. The van der Waals surface area contributed by atoms with Crippen molar-refractivity contribution in [3.8, 4) is 0 Å². The third-order valence-electron chi connectivity index (χ3n) is 3.92. The lowest BCUT2D eigenvalue weighted by Gasteiger charge is -2.27. The van der Waals surface area contributed by atoms with E-state index in [2.05, 4.69) is 22.5 Å². The van der Waals surface area contributed by atoms with Crippen molar-refractivity contribution in [2.45, 2.75) is 20.3 Å². The van der Waals surface area contributed by atoms with Gasteiger partial charge in [-0.15, -0.1) is 0 Å². The van der Waals surface area contributed by atoms with Crippen molar-refractivity contribution < 1.29 is 4.79 Å². The number of piperazine rings is 1. The maximum Gasteiger partial charge on any atom is 0.251 e. The van der Waals surface area contributed by atoms with Gasteiger partial charge < -0.3 is 15.5 Å². The molecule has 0 radical (unpaired) electrons. The molecular formula is C16H25N3O. The Bertz CT molecular complexity index is 453. The number of benzene rings is 1. The van der Waals surface area contributed by atoms with Crippen molar-refractivity contribution in [3.63, 3.8) is 0 Å². The predicted octanol–water partition coefficient (Wildman–Crippen LogP) is 1.33. The van der Waals surface area contributed by atoms with Crippen molar-refractivity contribution in [1.82, 2.24) is 15.5 Å². The third kappa shape index (κ3) is 4.32. The number of rotatable bonds is 5. The highest BCUT2D eigenvalue weighted by Crippen LogP contribution is 2.09. The molecule has 0 unspecified atom stereocenters. The van der Waals surface area contributed by atoms with Gasteiger partial charge in [0.2, 0.25) is 0 Å². The molecule has 0 spiro atoms. The first-order valence-electron chi connectivity index (χ1n) is 7.45. The summed E-state index contributed by atoms with van der Waals surface area (Å²) < 4.78 is 0. The van der Waals surface area contributed by atoms with Crippen LogP contribution >= 0.6 is 0 Å². The van der Waals surface area contributed by atoms with Crippen molar-refractivity contribution >= 4 is 5.91 Å². The Morgan fingerprint density at radius 2 is 2.00 bits per heavy atom. The predicted molar refractivity (Wildman–Crippen MR) is 82.2 cm³/mol. The van der Waals surface area contributed by atoms with Gasteiger partial charge in [0.25, 0.3) is 5.91 Å². The second kappa shape index (κ2) is 7.41. The first kappa shape index (κ1) is 15.0. The van der Waals surface area contributed by atoms with Crippen molar-refractivity contribution in [3.05, 3.63) is 34.9 Å². The molecule has 0 atom stereocenters. The van der Waals surface area contributed by atoms with Crippen LogP contribution in [0.4, 0.5) is 0 Å². The summed E-state index contributed by atoms with van der Waals surface area (Å²) in [6, 6.07) is 5.86. The largest absolute Gasteiger partial charge is 0.352 e. The van der Waals surface area contributed by atoms with E-state index in [1.165, 1.54) is 11.1 Å². The van der Waals surface area contributed by atoms with Gasteiger partial charge in [0.1, 0.15) is 0 Å². The van der Waals surface area contributed by atoms with Crippen LogP contribution in [0.3, 0.4) is 0 Å². The minimum absolute atomic E-state index is 0.0356. The van der Waals surface area contributed by atoms with Crippen LogP contribution in [0.25, 0.3) is 0 Å². The standard InChI is InChI=1S/C16H25N3O/c1-13-4-5-15(12-14(13)2)16(20)18-6-3-9-19-10-7-17-8-11-19/h4-5,12,17H,3,6-11H2,1-2H3,(H,18,20). The third-order valence-corrected chi connectivity index (χ3v) is 3.92. The molecule has 1 heterocycles. The minimum atomic E-state index is 0.0356. The molecule has 0 saturated carbocycles. The summed E-state index contributed by atoms with van der Waals surface area (Å²) in [6.45, 7) is 10.3. The lowest BCUT2D eigenvalue weighted by molar-refractivity contribution is 0.0951. The van der Waals surface area contributed by atoms with Gasteiger partial charge in [-0.05, 0) is 50.1 Å². The second-order valence-electron chi connectivity index (χ2n) is 5.50. The Hall–Kier alpha value is -1.39. The molecule has 2 rings (SSSR count). The van der Waals surface area contributed by atoms with Crippen molar-refractivity contribution in [2.75, 3.05) is 39.3 Å². The minimum Gasteiger partial charge on any atom is -0.352 e. The molecule has 4 heteroatoms. The SMILES string of the molecule is Cc1ccc(C(=O)NCCCN2CCNCC2)cc1C. The monoisotopic (exact) mass is 275 g/mol. The van der Waals surface area contributed by atoms with E-state index < -0.39 is 0 Å². The van der Waals surface area contributed by atoms with Crippen LogP contribution in [0.5, 0.6) is 0 Å². The van der Waals surface area contributed by atoms with Gasteiger partial charge in [-0.2, -0.15) is 0 Å². The van der Waals surface area contributed by atoms with Crippen LogP contribution in [0.1, 0.15) is 27.9 Å². The summed E-state index contributed by atoms with van der Waals surface area (Å²) in [4.78, 5) is 14.5. The van der Waals surface area contributed by atoms with Gasteiger partial charge in [-0.3, -0.25) is 4.79 Å². The normalized spacial score (nSPS) is 16.1. The van der Waals surface area contributed by atoms with Crippen LogP contribution in [-0.2, 0) is 0 Å². The molecule has 2 N–H and O–H groups in total. The quantitative estimate of drug-likeness (QED) is 0.797. The smallest absolute Gasteiger partial charge is 0.251 e.